The highest BCUT2D eigenvalue weighted by atomic mass is 127. The van der Waals surface area contributed by atoms with Gasteiger partial charge in [-0.15, -0.1) is 35.3 Å². The van der Waals surface area contributed by atoms with Gasteiger partial charge in [0, 0.05) is 18.0 Å². The van der Waals surface area contributed by atoms with Crippen LogP contribution in [0.15, 0.2) is 4.99 Å². The van der Waals surface area contributed by atoms with Gasteiger partial charge in [-0.1, -0.05) is 0 Å². The van der Waals surface area contributed by atoms with Crippen LogP contribution >= 0.6 is 35.3 Å². The maximum Gasteiger partial charge on any atom is 0.191 e. The average molecular weight is 352 g/mol. The van der Waals surface area contributed by atoms with Crippen molar-refractivity contribution >= 4 is 41.3 Å². The zero-order chi connectivity index (χ0) is 10.7. The summed E-state index contributed by atoms with van der Waals surface area (Å²) in [5, 5.41) is 7.63. The summed E-state index contributed by atoms with van der Waals surface area (Å²) < 4.78 is 0. The van der Waals surface area contributed by atoms with Crippen molar-refractivity contribution in [1.82, 2.24) is 15.6 Å². The molecule has 0 saturated heterocycles. The number of thiazole rings is 1. The van der Waals surface area contributed by atoms with E-state index in [1.54, 1.807) is 11.3 Å². The highest BCUT2D eigenvalue weighted by Crippen LogP contribution is 2.15. The predicted octanol–water partition coefficient (Wildman–Crippen LogP) is 1.82. The Labute approximate surface area is 117 Å². The number of nitrogens with zero attached hydrogens (tertiary/aromatic N) is 2. The van der Waals surface area contributed by atoms with E-state index < -0.39 is 0 Å². The third kappa shape index (κ3) is 3.58. The van der Waals surface area contributed by atoms with Gasteiger partial charge >= 0.3 is 0 Å². The first-order valence-corrected chi connectivity index (χ1v) is 6.02. The lowest BCUT2D eigenvalue weighted by Crippen LogP contribution is -2.40. The molecule has 6 heteroatoms. The van der Waals surface area contributed by atoms with E-state index in [-0.39, 0.29) is 24.0 Å². The SMILES string of the molecule is Cc1nc(CNC2=NCCCN2)c(C)s1.I. The van der Waals surface area contributed by atoms with Crippen LogP contribution in [-0.4, -0.2) is 24.0 Å². The largest absolute Gasteiger partial charge is 0.356 e. The fourth-order valence-electron chi connectivity index (χ4n) is 1.55. The van der Waals surface area contributed by atoms with Crippen LogP contribution in [0.4, 0.5) is 0 Å². The van der Waals surface area contributed by atoms with Gasteiger partial charge in [-0.05, 0) is 20.3 Å². The molecule has 90 valence electrons. The van der Waals surface area contributed by atoms with E-state index in [4.69, 9.17) is 0 Å². The number of nitrogens with one attached hydrogen (secondary N) is 2. The standard InChI is InChI=1S/C10H16N4S.HI/c1-7-9(14-8(2)15-7)6-13-10-11-4-3-5-12-10;/h3-6H2,1-2H3,(H2,11,12,13);1H. The summed E-state index contributed by atoms with van der Waals surface area (Å²) in [6, 6.07) is 0. The number of hydrogen-bond donors (Lipinski definition) is 2. The van der Waals surface area contributed by atoms with E-state index >= 15 is 0 Å². The van der Waals surface area contributed by atoms with Crippen LogP contribution < -0.4 is 10.6 Å². The quantitative estimate of drug-likeness (QED) is 0.799. The molecule has 2 N–H and O–H groups in total. The van der Waals surface area contributed by atoms with Crippen molar-refractivity contribution in [3.63, 3.8) is 0 Å². The predicted molar refractivity (Wildman–Crippen MR) is 78.8 cm³/mol. The Morgan fingerprint density at radius 2 is 2.25 bits per heavy atom. The van der Waals surface area contributed by atoms with Crippen molar-refractivity contribution in [2.24, 2.45) is 4.99 Å². The molecule has 0 unspecified atom stereocenters. The number of halogens is 1. The van der Waals surface area contributed by atoms with Gasteiger partial charge in [0.2, 0.25) is 0 Å². The minimum Gasteiger partial charge on any atom is -0.356 e. The first kappa shape index (κ1) is 13.7. The van der Waals surface area contributed by atoms with E-state index in [2.05, 4.69) is 27.5 Å². The van der Waals surface area contributed by atoms with Gasteiger partial charge in [0.15, 0.2) is 5.96 Å². The number of aliphatic imine (C=N–C) groups is 1. The molecule has 2 heterocycles. The number of hydrogen-bond acceptors (Lipinski definition) is 5. The number of aryl methyl sites for hydroxylation is 2. The molecular formula is C10H17IN4S. The van der Waals surface area contributed by atoms with E-state index in [0.29, 0.717) is 0 Å². The Morgan fingerprint density at radius 1 is 1.44 bits per heavy atom. The van der Waals surface area contributed by atoms with Crippen molar-refractivity contribution in [3.8, 4) is 0 Å². The monoisotopic (exact) mass is 352 g/mol. The van der Waals surface area contributed by atoms with E-state index in [1.807, 2.05) is 6.92 Å². The summed E-state index contributed by atoms with van der Waals surface area (Å²) in [6.07, 6.45) is 1.13. The third-order valence-corrected chi connectivity index (χ3v) is 3.25. The lowest BCUT2D eigenvalue weighted by atomic mass is 10.3. The maximum atomic E-state index is 4.47. The van der Waals surface area contributed by atoms with E-state index in [0.717, 1.165) is 42.7 Å². The normalized spacial score (nSPS) is 14.8. The molecule has 0 amide bonds. The van der Waals surface area contributed by atoms with Crippen molar-refractivity contribution in [3.05, 3.63) is 15.6 Å². The first-order valence-electron chi connectivity index (χ1n) is 5.21. The molecule has 1 aromatic heterocycles. The fourth-order valence-corrected chi connectivity index (χ4v) is 2.39. The lowest BCUT2D eigenvalue weighted by Gasteiger charge is -2.15. The summed E-state index contributed by atoms with van der Waals surface area (Å²) in [6.45, 7) is 6.85. The van der Waals surface area contributed by atoms with Crippen LogP contribution in [0.1, 0.15) is 22.0 Å². The number of guanidine groups is 1. The Hall–Kier alpha value is -0.370. The van der Waals surface area contributed by atoms with Gasteiger partial charge in [-0.25, -0.2) is 4.98 Å². The molecule has 0 radical (unpaired) electrons. The van der Waals surface area contributed by atoms with Crippen LogP contribution in [0, 0.1) is 13.8 Å². The molecular weight excluding hydrogens is 335 g/mol. The summed E-state index contributed by atoms with van der Waals surface area (Å²) in [5.41, 5.74) is 1.13. The summed E-state index contributed by atoms with van der Waals surface area (Å²) in [4.78, 5) is 10.1. The van der Waals surface area contributed by atoms with Gasteiger partial charge in [0.05, 0.1) is 17.2 Å². The van der Waals surface area contributed by atoms with Crippen molar-refractivity contribution in [1.29, 1.82) is 0 Å². The molecule has 0 spiro atoms. The zero-order valence-corrected chi connectivity index (χ0v) is 12.7. The van der Waals surface area contributed by atoms with Crippen molar-refractivity contribution in [2.45, 2.75) is 26.8 Å². The molecule has 16 heavy (non-hydrogen) atoms. The lowest BCUT2D eigenvalue weighted by molar-refractivity contribution is 0.698. The Bertz CT molecular complexity index is 375. The minimum atomic E-state index is 0. The highest BCUT2D eigenvalue weighted by molar-refractivity contribution is 14.0. The summed E-state index contributed by atoms with van der Waals surface area (Å²) in [5.74, 6) is 0.909. The fraction of sp³-hybridized carbons (Fsp3) is 0.600. The molecule has 1 aliphatic rings. The molecule has 0 aromatic carbocycles. The molecule has 0 saturated carbocycles. The first-order chi connectivity index (χ1) is 7.25. The van der Waals surface area contributed by atoms with Gasteiger partial charge in [0.1, 0.15) is 0 Å². The van der Waals surface area contributed by atoms with Crippen molar-refractivity contribution < 1.29 is 0 Å². The summed E-state index contributed by atoms with van der Waals surface area (Å²) >= 11 is 1.74. The molecule has 0 aliphatic carbocycles. The zero-order valence-electron chi connectivity index (χ0n) is 9.54. The van der Waals surface area contributed by atoms with Gasteiger partial charge < -0.3 is 10.6 Å². The average Bonchev–Trinajstić information content (AvgIpc) is 2.56. The molecule has 2 rings (SSSR count). The molecule has 4 nitrogen and oxygen atoms in total. The smallest absolute Gasteiger partial charge is 0.191 e. The molecule has 1 aliphatic heterocycles. The number of rotatable bonds is 2. The second kappa shape index (κ2) is 6.39. The Kier molecular flexibility index (Phi) is 5.47. The maximum absolute atomic E-state index is 4.47. The second-order valence-corrected chi connectivity index (χ2v) is 5.01. The van der Waals surface area contributed by atoms with Crippen LogP contribution in [0.2, 0.25) is 0 Å². The topological polar surface area (TPSA) is 49.3 Å². The van der Waals surface area contributed by atoms with Gasteiger partial charge in [-0.2, -0.15) is 0 Å². The van der Waals surface area contributed by atoms with Gasteiger partial charge in [0.25, 0.3) is 0 Å². The molecule has 0 fully saturated rings. The molecule has 1 aromatic rings. The highest BCUT2D eigenvalue weighted by Gasteiger charge is 2.07. The number of aromatic nitrogens is 1. The van der Waals surface area contributed by atoms with E-state index in [1.165, 1.54) is 4.88 Å². The second-order valence-electron chi connectivity index (χ2n) is 3.60. The van der Waals surface area contributed by atoms with Gasteiger partial charge in [-0.3, -0.25) is 4.99 Å². The molecule has 0 bridgehead atoms. The Balaban J connectivity index is 0.00000128. The van der Waals surface area contributed by atoms with E-state index in [9.17, 15) is 0 Å². The molecule has 0 atom stereocenters. The minimum absolute atomic E-state index is 0. The summed E-state index contributed by atoms with van der Waals surface area (Å²) in [7, 11) is 0. The van der Waals surface area contributed by atoms with Crippen LogP contribution in [0.3, 0.4) is 0 Å². The Morgan fingerprint density at radius 3 is 2.81 bits per heavy atom. The van der Waals surface area contributed by atoms with Crippen LogP contribution in [0.5, 0.6) is 0 Å². The van der Waals surface area contributed by atoms with Crippen molar-refractivity contribution in [2.75, 3.05) is 13.1 Å². The van der Waals surface area contributed by atoms with Crippen LogP contribution in [-0.2, 0) is 6.54 Å². The van der Waals surface area contributed by atoms with Crippen LogP contribution in [0.25, 0.3) is 0 Å². The third-order valence-electron chi connectivity index (χ3n) is 2.32.